The average Bonchev–Trinajstić information content (AvgIpc) is 2.92. The molecule has 0 saturated carbocycles. The lowest BCUT2D eigenvalue weighted by molar-refractivity contribution is -0.393. The molecule has 8 bridgehead atoms. The van der Waals surface area contributed by atoms with Crippen LogP contribution in [0, 0.1) is 54.3 Å². The minimum absolute atomic E-state index is 0.0454. The highest BCUT2D eigenvalue weighted by molar-refractivity contribution is 5.88. The minimum Gasteiger partial charge on any atom is -0.350 e. The lowest BCUT2D eigenvalue weighted by Gasteiger charge is -2.19. The first-order chi connectivity index (χ1) is 19.9. The van der Waals surface area contributed by atoms with E-state index >= 15 is 0 Å². The summed E-state index contributed by atoms with van der Waals surface area (Å²) in [4.78, 5) is 44.7. The fourth-order valence-electron chi connectivity index (χ4n) is 4.55. The maximum absolute atomic E-state index is 11.9. The van der Waals surface area contributed by atoms with Crippen LogP contribution in [0.5, 0.6) is 0 Å². The van der Waals surface area contributed by atoms with Crippen LogP contribution in [0.1, 0.15) is 11.1 Å². The van der Waals surface area contributed by atoms with Crippen LogP contribution >= 0.6 is 0 Å². The third-order valence-electron chi connectivity index (χ3n) is 6.76. The number of nitrogens with one attached hydrogen (secondary N) is 4. The van der Waals surface area contributed by atoms with Crippen LogP contribution in [-0.2, 0) is 0 Å². The molecule has 0 unspecified atom stereocenters. The summed E-state index contributed by atoms with van der Waals surface area (Å²) < 4.78 is 0. The number of nitro groups is 4. The third-order valence-corrected chi connectivity index (χ3v) is 6.76. The number of anilines is 8. The molecule has 0 atom stereocenters. The summed E-state index contributed by atoms with van der Waals surface area (Å²) in [5.74, 6) is 0. The third kappa shape index (κ3) is 4.90. The first kappa shape index (κ1) is 27.3. The number of fused-ring (bicyclic) bond motifs is 8. The first-order valence-electron chi connectivity index (χ1n) is 12.2. The van der Waals surface area contributed by atoms with Gasteiger partial charge in [0.05, 0.1) is 31.8 Å². The van der Waals surface area contributed by atoms with Crippen LogP contribution in [0.4, 0.5) is 68.2 Å². The SMILES string of the molecule is Cc1c2cccc1Nc1cc(c([N+](=O)[O-])cc1[N+](=O)[O-])Nc1cccc(c1C)Nc1cc(c([N+](=O)[O-])cc1[N+](=O)[O-])N2. The van der Waals surface area contributed by atoms with Crippen molar-refractivity contribution in [3.8, 4) is 0 Å². The van der Waals surface area contributed by atoms with Crippen molar-refractivity contribution in [2.75, 3.05) is 21.3 Å². The van der Waals surface area contributed by atoms with Gasteiger partial charge in [0.25, 0.3) is 22.7 Å². The van der Waals surface area contributed by atoms with Crippen molar-refractivity contribution in [3.63, 3.8) is 0 Å². The molecule has 4 aromatic rings. The van der Waals surface area contributed by atoms with Crippen molar-refractivity contribution in [3.05, 3.63) is 112 Å². The summed E-state index contributed by atoms with van der Waals surface area (Å²) in [7, 11) is 0. The van der Waals surface area contributed by atoms with Gasteiger partial charge in [-0.1, -0.05) is 12.1 Å². The lowest BCUT2D eigenvalue weighted by Crippen LogP contribution is -2.07. The number of rotatable bonds is 4. The molecule has 4 N–H and O–H groups in total. The zero-order valence-corrected chi connectivity index (χ0v) is 21.8. The molecule has 0 aromatic heterocycles. The molecule has 0 spiro atoms. The number of benzene rings is 4. The van der Waals surface area contributed by atoms with Crippen LogP contribution in [0.2, 0.25) is 0 Å². The molecular weight excluding hydrogens is 552 g/mol. The second-order valence-electron chi connectivity index (χ2n) is 9.26. The summed E-state index contributed by atoms with van der Waals surface area (Å²) in [5.41, 5.74) is 0.0221. The van der Waals surface area contributed by atoms with Gasteiger partial charge in [-0.05, 0) is 61.4 Å². The maximum atomic E-state index is 11.9. The zero-order valence-electron chi connectivity index (χ0n) is 21.8. The Morgan fingerprint density at radius 1 is 0.429 bits per heavy atom. The van der Waals surface area contributed by atoms with E-state index < -0.39 is 42.4 Å². The van der Waals surface area contributed by atoms with E-state index in [9.17, 15) is 40.5 Å². The Balaban J connectivity index is 1.82. The molecule has 1 heterocycles. The molecule has 212 valence electrons. The highest BCUT2D eigenvalue weighted by atomic mass is 16.6. The monoisotopic (exact) mass is 572 g/mol. The van der Waals surface area contributed by atoms with Crippen LogP contribution in [0.15, 0.2) is 60.7 Å². The topological polar surface area (TPSA) is 221 Å². The van der Waals surface area contributed by atoms with Crippen LogP contribution in [0.25, 0.3) is 0 Å². The lowest BCUT2D eigenvalue weighted by atomic mass is 10.1. The van der Waals surface area contributed by atoms with Crippen molar-refractivity contribution in [1.29, 1.82) is 0 Å². The highest BCUT2D eigenvalue weighted by Crippen LogP contribution is 2.43. The maximum Gasteiger partial charge on any atom is 0.299 e. The van der Waals surface area contributed by atoms with Gasteiger partial charge in [0.1, 0.15) is 22.7 Å². The smallest absolute Gasteiger partial charge is 0.299 e. The Kier molecular flexibility index (Phi) is 6.71. The number of nitro benzene ring substituents is 4. The number of hydrogen-bond donors (Lipinski definition) is 4. The van der Waals surface area contributed by atoms with E-state index in [1.54, 1.807) is 50.2 Å². The van der Waals surface area contributed by atoms with E-state index in [0.717, 1.165) is 12.1 Å². The molecule has 0 aliphatic carbocycles. The van der Waals surface area contributed by atoms with E-state index in [-0.39, 0.29) is 22.7 Å². The van der Waals surface area contributed by atoms with Crippen molar-refractivity contribution in [2.24, 2.45) is 0 Å². The molecule has 1 aliphatic heterocycles. The van der Waals surface area contributed by atoms with Gasteiger partial charge in [-0.2, -0.15) is 0 Å². The van der Waals surface area contributed by atoms with Gasteiger partial charge in [0.15, 0.2) is 0 Å². The predicted molar refractivity (Wildman–Crippen MR) is 155 cm³/mol. The Morgan fingerprint density at radius 3 is 0.881 bits per heavy atom. The van der Waals surface area contributed by atoms with Crippen LogP contribution < -0.4 is 21.3 Å². The molecule has 16 nitrogen and oxygen atoms in total. The van der Waals surface area contributed by atoms with Gasteiger partial charge >= 0.3 is 0 Å². The Bertz CT molecular complexity index is 1590. The number of nitrogens with zero attached hydrogens (tertiary/aromatic N) is 4. The van der Waals surface area contributed by atoms with Gasteiger partial charge in [0.2, 0.25) is 0 Å². The molecule has 0 amide bonds. The Labute approximate surface area is 235 Å². The van der Waals surface area contributed by atoms with E-state index in [1.165, 1.54) is 12.1 Å². The first-order valence-corrected chi connectivity index (χ1v) is 12.2. The summed E-state index contributed by atoms with van der Waals surface area (Å²) in [6, 6.07) is 13.8. The van der Waals surface area contributed by atoms with E-state index in [0.29, 0.717) is 33.9 Å². The van der Waals surface area contributed by atoms with Crippen molar-refractivity contribution in [2.45, 2.75) is 13.8 Å². The van der Waals surface area contributed by atoms with Crippen LogP contribution in [0.3, 0.4) is 0 Å². The van der Waals surface area contributed by atoms with E-state index in [1.807, 2.05) is 0 Å². The quantitative estimate of drug-likeness (QED) is 0.124. The largest absolute Gasteiger partial charge is 0.350 e. The fourth-order valence-corrected chi connectivity index (χ4v) is 4.55. The van der Waals surface area contributed by atoms with Crippen LogP contribution in [-0.4, -0.2) is 19.7 Å². The van der Waals surface area contributed by atoms with E-state index in [2.05, 4.69) is 21.3 Å². The van der Waals surface area contributed by atoms with Gasteiger partial charge in [-0.25, -0.2) is 0 Å². The molecule has 0 saturated heterocycles. The second-order valence-corrected chi connectivity index (χ2v) is 9.26. The van der Waals surface area contributed by atoms with Gasteiger partial charge in [-0.15, -0.1) is 0 Å². The second kappa shape index (κ2) is 10.3. The minimum atomic E-state index is -0.744. The molecule has 1 aliphatic rings. The van der Waals surface area contributed by atoms with Gasteiger partial charge < -0.3 is 21.3 Å². The summed E-state index contributed by atoms with van der Waals surface area (Å²) >= 11 is 0. The summed E-state index contributed by atoms with van der Waals surface area (Å²) in [5, 5.41) is 59.5. The fraction of sp³-hybridized carbons (Fsp3) is 0.0769. The molecule has 16 heteroatoms. The Morgan fingerprint density at radius 2 is 0.667 bits per heavy atom. The molecule has 5 rings (SSSR count). The Hall–Kier alpha value is -6.32. The highest BCUT2D eigenvalue weighted by Gasteiger charge is 2.28. The van der Waals surface area contributed by atoms with Gasteiger partial charge in [-0.3, -0.25) is 40.5 Å². The van der Waals surface area contributed by atoms with Crippen molar-refractivity contribution < 1.29 is 19.7 Å². The van der Waals surface area contributed by atoms with Crippen molar-refractivity contribution in [1.82, 2.24) is 0 Å². The van der Waals surface area contributed by atoms with E-state index in [4.69, 9.17) is 0 Å². The number of hydrogen-bond acceptors (Lipinski definition) is 12. The average molecular weight is 572 g/mol. The summed E-state index contributed by atoms with van der Waals surface area (Å²) in [6.07, 6.45) is 0. The van der Waals surface area contributed by atoms with Crippen molar-refractivity contribution >= 4 is 68.2 Å². The molecule has 42 heavy (non-hydrogen) atoms. The normalized spacial score (nSPS) is 11.7. The van der Waals surface area contributed by atoms with Gasteiger partial charge in [0, 0.05) is 22.7 Å². The molecule has 4 aromatic carbocycles. The zero-order chi connectivity index (χ0) is 30.3. The molecule has 0 fully saturated rings. The molecule has 0 radical (unpaired) electrons. The summed E-state index contributed by atoms with van der Waals surface area (Å²) in [6.45, 7) is 3.30. The molecular formula is C26H20N8O8. The standard InChI is InChI=1S/C26H20N8O8/c1-13-15-5-3-6-16(13)28-20-10-22(26(34(41)42)12-24(20)32(37)38)30-18-8-4-7-17(14(18)2)29-21-9-19(27-15)23(31(35)36)11-25(21)33(39)40/h3-12,27-30H,1-2H3. The predicted octanol–water partition coefficient (Wildman–Crippen LogP) is 7.22.